The summed E-state index contributed by atoms with van der Waals surface area (Å²) in [7, 11) is -3.96. The zero-order chi connectivity index (χ0) is 45.7. The molecule has 2 aliphatic carbocycles. The number of allylic oxidation sites excluding steroid dienone is 1. The van der Waals surface area contributed by atoms with Gasteiger partial charge in [-0.1, -0.05) is 82.2 Å². The molecule has 4 aliphatic rings. The van der Waals surface area contributed by atoms with Crippen LogP contribution in [0, 0.1) is 11.7 Å². The molecule has 1 saturated heterocycles. The third-order valence-corrected chi connectivity index (χ3v) is 14.5. The number of amides is 4. The predicted molar refractivity (Wildman–Crippen MR) is 239 cm³/mol. The van der Waals surface area contributed by atoms with Crippen LogP contribution in [-0.4, -0.2) is 82.6 Å². The van der Waals surface area contributed by atoms with E-state index in [4.69, 9.17) is 23.9 Å². The lowest BCUT2D eigenvalue weighted by atomic mass is 9.87. The smallest absolute Gasteiger partial charge is 0.413 e. The predicted octanol–water partition coefficient (Wildman–Crippen LogP) is 6.99. The standard InChI is InChI=1S/C48H51FN6O9S/c1-47(2,3)29-17-15-28(16-18-29)41-51-39-35-12-9-10-14-38(35)64-40(39)43(52-41)62-33-25-37-42(56)53-48(45(58)54-65(60,61)34-23-24-34)26-30(48)11-7-5-4-6-8-13-36(44(57)55(37)27-33)50-46(59)63-32-21-19-31(49)20-22-32/h7,9-12,14-22,30,33-34,36-37H,4-6,8,13,23-27H2,1-3H3,(H,50,59)(H,53,56)(H,54,58)/b11-7-/t30-,33-,36+,37+,48-/m1/s1. The molecule has 0 unspecified atom stereocenters. The number of benzene rings is 3. The van der Waals surface area contributed by atoms with Gasteiger partial charge < -0.3 is 29.4 Å². The molecule has 2 aromatic heterocycles. The minimum Gasteiger partial charge on any atom is -0.470 e. The number of hydrogen-bond donors (Lipinski definition) is 3. The van der Waals surface area contributed by atoms with E-state index in [1.807, 2.05) is 60.7 Å². The van der Waals surface area contributed by atoms with Gasteiger partial charge in [0.05, 0.1) is 11.8 Å². The van der Waals surface area contributed by atoms with Crippen molar-refractivity contribution in [2.45, 2.75) is 113 Å². The Morgan fingerprint density at radius 2 is 1.71 bits per heavy atom. The number of furan rings is 1. The number of nitrogens with one attached hydrogen (secondary N) is 3. The van der Waals surface area contributed by atoms with E-state index >= 15 is 0 Å². The average molecular weight is 907 g/mol. The maximum Gasteiger partial charge on any atom is 0.413 e. The number of carbonyl (C=O) groups is 4. The van der Waals surface area contributed by atoms with E-state index in [0.29, 0.717) is 49.0 Å². The molecular formula is C48H51FN6O9S. The Bertz CT molecular complexity index is 2800. The number of para-hydroxylation sites is 1. The summed E-state index contributed by atoms with van der Waals surface area (Å²) in [6.07, 6.45) is 5.71. The molecule has 17 heteroatoms. The summed E-state index contributed by atoms with van der Waals surface area (Å²) in [5.74, 6) is -2.62. The van der Waals surface area contributed by atoms with Crippen molar-refractivity contribution in [2.24, 2.45) is 5.92 Å². The highest BCUT2D eigenvalue weighted by Crippen LogP contribution is 2.46. The van der Waals surface area contributed by atoms with Gasteiger partial charge in [0.15, 0.2) is 5.82 Å². The Labute approximate surface area is 375 Å². The van der Waals surface area contributed by atoms with Crippen LogP contribution in [0.3, 0.4) is 0 Å². The van der Waals surface area contributed by atoms with Crippen LogP contribution in [-0.2, 0) is 29.8 Å². The lowest BCUT2D eigenvalue weighted by molar-refractivity contribution is -0.141. The number of carbonyl (C=O) groups excluding carboxylic acids is 4. The molecule has 0 radical (unpaired) electrons. The van der Waals surface area contributed by atoms with Crippen molar-refractivity contribution >= 4 is 55.9 Å². The van der Waals surface area contributed by atoms with Crippen molar-refractivity contribution in [3.05, 3.63) is 96.3 Å². The largest absolute Gasteiger partial charge is 0.470 e. The maximum absolute atomic E-state index is 14.8. The van der Waals surface area contributed by atoms with Crippen molar-refractivity contribution < 1.29 is 45.9 Å². The summed E-state index contributed by atoms with van der Waals surface area (Å²) < 4.78 is 60.2. The molecule has 9 rings (SSSR count). The minimum absolute atomic E-state index is 0.0599. The summed E-state index contributed by atoms with van der Waals surface area (Å²) in [5.41, 5.74) is 1.51. The van der Waals surface area contributed by atoms with E-state index in [2.05, 4.69) is 36.1 Å². The molecule has 5 atom stereocenters. The fraction of sp³-hybridized carbons (Fsp3) is 0.417. The molecule has 2 aliphatic heterocycles. The number of hydrogen-bond acceptors (Lipinski definition) is 11. The number of sulfonamides is 1. The van der Waals surface area contributed by atoms with E-state index in [-0.39, 0.29) is 48.4 Å². The first kappa shape index (κ1) is 43.9. The molecule has 4 amide bonds. The molecule has 3 N–H and O–H groups in total. The van der Waals surface area contributed by atoms with Crippen LogP contribution in [0.15, 0.2) is 89.4 Å². The summed E-state index contributed by atoms with van der Waals surface area (Å²) >= 11 is 0. The Morgan fingerprint density at radius 1 is 0.954 bits per heavy atom. The molecule has 5 aromatic rings. The highest BCUT2D eigenvalue weighted by molar-refractivity contribution is 7.91. The number of halogens is 1. The van der Waals surface area contributed by atoms with Crippen LogP contribution in [0.5, 0.6) is 11.6 Å². The number of fused-ring (bicyclic) bond motifs is 5. The van der Waals surface area contributed by atoms with Crippen molar-refractivity contribution in [2.75, 3.05) is 6.54 Å². The van der Waals surface area contributed by atoms with Crippen molar-refractivity contribution in [1.82, 2.24) is 30.2 Å². The van der Waals surface area contributed by atoms with E-state index in [0.717, 1.165) is 35.1 Å². The fourth-order valence-electron chi connectivity index (χ4n) is 8.68. The molecule has 65 heavy (non-hydrogen) atoms. The van der Waals surface area contributed by atoms with E-state index in [1.165, 1.54) is 17.0 Å². The van der Waals surface area contributed by atoms with Gasteiger partial charge in [-0.25, -0.2) is 22.6 Å². The number of nitrogens with zero attached hydrogens (tertiary/aromatic N) is 3. The summed E-state index contributed by atoms with van der Waals surface area (Å²) in [6.45, 7) is 6.24. The third kappa shape index (κ3) is 9.28. The first-order valence-corrected chi connectivity index (χ1v) is 23.7. The molecule has 4 heterocycles. The van der Waals surface area contributed by atoms with Gasteiger partial charge in [-0.2, -0.15) is 4.98 Å². The average Bonchev–Trinajstić information content (AvgIpc) is 4.17. The highest BCUT2D eigenvalue weighted by Gasteiger charge is 2.62. The molecule has 2 saturated carbocycles. The number of rotatable bonds is 8. The molecule has 0 bridgehead atoms. The van der Waals surface area contributed by atoms with E-state index < -0.39 is 74.5 Å². The van der Waals surface area contributed by atoms with Crippen molar-refractivity contribution in [3.63, 3.8) is 0 Å². The van der Waals surface area contributed by atoms with Crippen LogP contribution in [0.2, 0.25) is 0 Å². The van der Waals surface area contributed by atoms with Crippen LogP contribution < -0.4 is 24.8 Å². The van der Waals surface area contributed by atoms with Gasteiger partial charge in [0, 0.05) is 23.3 Å². The summed E-state index contributed by atoms with van der Waals surface area (Å²) in [4.78, 5) is 67.9. The SMILES string of the molecule is CC(C)(C)c1ccc(-c2nc(O[C@@H]3C[C@H]4C(=O)N[C@]5(C(=O)NS(=O)(=O)C6CC6)C[C@H]5/C=C\CCCCC[C@H](NC(=O)Oc5ccc(F)cc5)C(=O)N4C3)c3oc4ccccc4c3n2)cc1. The van der Waals surface area contributed by atoms with Gasteiger partial charge in [0.1, 0.15) is 46.4 Å². The van der Waals surface area contributed by atoms with Gasteiger partial charge in [-0.15, -0.1) is 0 Å². The zero-order valence-electron chi connectivity index (χ0n) is 36.3. The summed E-state index contributed by atoms with van der Waals surface area (Å²) in [5, 5.41) is 5.62. The van der Waals surface area contributed by atoms with Gasteiger partial charge in [0.25, 0.3) is 11.8 Å². The van der Waals surface area contributed by atoms with Crippen LogP contribution in [0.4, 0.5) is 9.18 Å². The lowest BCUT2D eigenvalue weighted by Gasteiger charge is -2.29. The van der Waals surface area contributed by atoms with Gasteiger partial charge in [-0.3, -0.25) is 19.1 Å². The molecule has 3 aromatic carbocycles. The number of aromatic nitrogens is 2. The van der Waals surface area contributed by atoms with E-state index in [9.17, 15) is 32.0 Å². The van der Waals surface area contributed by atoms with Crippen molar-refractivity contribution in [3.8, 4) is 23.0 Å². The fourth-order valence-corrected chi connectivity index (χ4v) is 10.0. The Morgan fingerprint density at radius 3 is 2.45 bits per heavy atom. The molecule has 3 fully saturated rings. The Hall–Kier alpha value is -6.36. The highest BCUT2D eigenvalue weighted by atomic mass is 32.2. The summed E-state index contributed by atoms with van der Waals surface area (Å²) in [6, 6.07) is 17.8. The van der Waals surface area contributed by atoms with Gasteiger partial charge in [0.2, 0.25) is 27.4 Å². The topological polar surface area (TPSA) is 199 Å². The zero-order valence-corrected chi connectivity index (χ0v) is 37.2. The lowest BCUT2D eigenvalue weighted by Crippen LogP contribution is -2.58. The second kappa shape index (κ2) is 17.2. The maximum atomic E-state index is 14.8. The first-order chi connectivity index (χ1) is 31.1. The van der Waals surface area contributed by atoms with Gasteiger partial charge in [-0.05, 0) is 85.9 Å². The molecule has 15 nitrogen and oxygen atoms in total. The minimum atomic E-state index is -3.96. The second-order valence-corrected chi connectivity index (χ2v) is 20.5. The molecule has 0 spiro atoms. The number of ether oxygens (including phenoxy) is 2. The Kier molecular flexibility index (Phi) is 11.6. The normalized spacial score (nSPS) is 24.5. The van der Waals surface area contributed by atoms with Crippen molar-refractivity contribution in [1.29, 1.82) is 0 Å². The third-order valence-electron chi connectivity index (χ3n) is 12.6. The second-order valence-electron chi connectivity index (χ2n) is 18.5. The van der Waals surface area contributed by atoms with E-state index in [1.54, 1.807) is 0 Å². The Balaban J connectivity index is 1.06. The van der Waals surface area contributed by atoms with Crippen LogP contribution in [0.1, 0.15) is 84.1 Å². The van der Waals surface area contributed by atoms with Crippen LogP contribution >= 0.6 is 0 Å². The van der Waals surface area contributed by atoms with Crippen LogP contribution in [0.25, 0.3) is 33.5 Å². The molecule has 340 valence electrons. The first-order valence-electron chi connectivity index (χ1n) is 22.1. The van der Waals surface area contributed by atoms with Gasteiger partial charge >= 0.3 is 6.09 Å². The quantitative estimate of drug-likeness (QED) is 0.136. The molecular weight excluding hydrogens is 856 g/mol. The monoisotopic (exact) mass is 906 g/mol.